The lowest BCUT2D eigenvalue weighted by atomic mass is 10.0. The number of piperidine rings is 1. The van der Waals surface area contributed by atoms with Gasteiger partial charge in [0.05, 0.1) is 13.2 Å². The summed E-state index contributed by atoms with van der Waals surface area (Å²) in [6, 6.07) is 2.34. The molecule has 1 aromatic rings. The monoisotopic (exact) mass is 349 g/mol. The second-order valence-electron chi connectivity index (χ2n) is 7.28. The van der Waals surface area contributed by atoms with Crippen LogP contribution in [0.5, 0.6) is 0 Å². The van der Waals surface area contributed by atoms with Crippen LogP contribution in [0.2, 0.25) is 0 Å². The third-order valence-corrected chi connectivity index (χ3v) is 5.12. The largest absolute Gasteiger partial charge is 0.379 e. The summed E-state index contributed by atoms with van der Waals surface area (Å²) in [5, 5.41) is 7.36. The van der Waals surface area contributed by atoms with Crippen LogP contribution in [0, 0.1) is 5.92 Å². The lowest BCUT2D eigenvalue weighted by Crippen LogP contribution is -2.54. The Balaban J connectivity index is 1.46. The average Bonchev–Trinajstić information content (AvgIpc) is 3.14. The summed E-state index contributed by atoms with van der Waals surface area (Å²) in [4.78, 5) is 17.2. The lowest BCUT2D eigenvalue weighted by Gasteiger charge is -2.39. The molecule has 2 unspecified atom stereocenters. The van der Waals surface area contributed by atoms with Crippen LogP contribution in [-0.4, -0.2) is 77.6 Å². The number of carbonyl (C=O) groups is 1. The summed E-state index contributed by atoms with van der Waals surface area (Å²) in [6.45, 7) is 9.06. The number of hydrogen-bond acceptors (Lipinski definition) is 4. The van der Waals surface area contributed by atoms with Gasteiger partial charge in [0.2, 0.25) is 0 Å². The van der Waals surface area contributed by atoms with E-state index in [4.69, 9.17) is 4.74 Å². The Bertz CT molecular complexity index is 516. The van der Waals surface area contributed by atoms with E-state index in [1.807, 2.05) is 16.9 Å². The van der Waals surface area contributed by atoms with Crippen molar-refractivity contribution < 1.29 is 9.53 Å². The van der Waals surface area contributed by atoms with E-state index >= 15 is 0 Å². The summed E-state index contributed by atoms with van der Waals surface area (Å²) in [6.07, 6.45) is 7.18. The summed E-state index contributed by atoms with van der Waals surface area (Å²) in [5.74, 6) is 0.353. The van der Waals surface area contributed by atoms with Gasteiger partial charge in [-0.15, -0.1) is 0 Å². The minimum Gasteiger partial charge on any atom is -0.379 e. The second kappa shape index (κ2) is 9.20. The van der Waals surface area contributed by atoms with Crippen LogP contribution in [0.1, 0.15) is 26.2 Å². The normalized spacial score (nSPS) is 23.4. The van der Waals surface area contributed by atoms with Crippen LogP contribution in [0.25, 0.3) is 0 Å². The van der Waals surface area contributed by atoms with Gasteiger partial charge in [0.1, 0.15) is 0 Å². The third-order valence-electron chi connectivity index (χ3n) is 5.12. The molecule has 7 heteroatoms. The third kappa shape index (κ3) is 5.44. The molecule has 3 rings (SSSR count). The van der Waals surface area contributed by atoms with E-state index in [1.165, 1.54) is 6.42 Å². The molecule has 2 atom stereocenters. The van der Waals surface area contributed by atoms with E-state index in [0.29, 0.717) is 18.5 Å². The number of carbonyl (C=O) groups excluding carboxylic acids is 1. The number of likely N-dealkylation sites (tertiary alicyclic amines) is 1. The van der Waals surface area contributed by atoms with E-state index in [9.17, 15) is 4.79 Å². The SMILES string of the molecule is CC(CNC(=O)N1CCCCC1CN1CCOCC1)Cn1cccn1. The number of rotatable bonds is 6. The summed E-state index contributed by atoms with van der Waals surface area (Å²) < 4.78 is 7.35. The smallest absolute Gasteiger partial charge is 0.317 e. The molecule has 0 bridgehead atoms. The van der Waals surface area contributed by atoms with E-state index in [1.54, 1.807) is 6.20 Å². The van der Waals surface area contributed by atoms with Crippen LogP contribution in [-0.2, 0) is 11.3 Å². The van der Waals surface area contributed by atoms with Gasteiger partial charge >= 0.3 is 6.03 Å². The van der Waals surface area contributed by atoms with Crippen molar-refractivity contribution in [1.82, 2.24) is 24.9 Å². The van der Waals surface area contributed by atoms with Crippen LogP contribution < -0.4 is 5.32 Å². The predicted octanol–water partition coefficient (Wildman–Crippen LogP) is 1.42. The van der Waals surface area contributed by atoms with E-state index < -0.39 is 0 Å². The van der Waals surface area contributed by atoms with Crippen molar-refractivity contribution >= 4 is 6.03 Å². The van der Waals surface area contributed by atoms with Gasteiger partial charge in [-0.3, -0.25) is 9.58 Å². The van der Waals surface area contributed by atoms with Crippen molar-refractivity contribution in [3.8, 4) is 0 Å². The van der Waals surface area contributed by atoms with Crippen molar-refractivity contribution in [2.45, 2.75) is 38.8 Å². The molecule has 25 heavy (non-hydrogen) atoms. The number of ether oxygens (including phenoxy) is 1. The predicted molar refractivity (Wildman–Crippen MR) is 96.4 cm³/mol. The van der Waals surface area contributed by atoms with E-state index in [0.717, 1.165) is 58.8 Å². The molecule has 140 valence electrons. The van der Waals surface area contributed by atoms with Gasteiger partial charge < -0.3 is 15.0 Å². The number of morpholine rings is 1. The summed E-state index contributed by atoms with van der Waals surface area (Å²) >= 11 is 0. The average molecular weight is 349 g/mol. The van der Waals surface area contributed by atoms with Gasteiger partial charge in [-0.2, -0.15) is 5.10 Å². The Kier molecular flexibility index (Phi) is 6.69. The Morgan fingerprint density at radius 2 is 2.16 bits per heavy atom. The van der Waals surface area contributed by atoms with Crippen molar-refractivity contribution in [3.63, 3.8) is 0 Å². The highest BCUT2D eigenvalue weighted by Gasteiger charge is 2.28. The van der Waals surface area contributed by atoms with Gasteiger partial charge in [-0.25, -0.2) is 4.79 Å². The lowest BCUT2D eigenvalue weighted by molar-refractivity contribution is 0.0221. The number of hydrogen-bond donors (Lipinski definition) is 1. The minimum atomic E-state index is 0.0882. The molecule has 3 heterocycles. The Labute approximate surface area is 150 Å². The minimum absolute atomic E-state index is 0.0882. The molecule has 7 nitrogen and oxygen atoms in total. The topological polar surface area (TPSA) is 62.6 Å². The zero-order valence-electron chi connectivity index (χ0n) is 15.3. The zero-order valence-corrected chi connectivity index (χ0v) is 15.3. The number of aromatic nitrogens is 2. The molecule has 0 aliphatic carbocycles. The molecule has 1 N–H and O–H groups in total. The Morgan fingerprint density at radius 3 is 2.92 bits per heavy atom. The fourth-order valence-corrected chi connectivity index (χ4v) is 3.69. The maximum atomic E-state index is 12.7. The molecule has 2 amide bonds. The quantitative estimate of drug-likeness (QED) is 0.844. The maximum absolute atomic E-state index is 12.7. The van der Waals surface area contributed by atoms with E-state index in [-0.39, 0.29) is 6.03 Å². The molecule has 0 radical (unpaired) electrons. The highest BCUT2D eigenvalue weighted by Crippen LogP contribution is 2.18. The zero-order chi connectivity index (χ0) is 17.5. The van der Waals surface area contributed by atoms with Crippen molar-refractivity contribution in [1.29, 1.82) is 0 Å². The standard InChI is InChI=1S/C18H31N5O2/c1-16(14-22-7-4-6-20-22)13-19-18(24)23-8-3-2-5-17(23)15-21-9-11-25-12-10-21/h4,6-7,16-17H,2-3,5,8-15H2,1H3,(H,19,24). The Morgan fingerprint density at radius 1 is 1.32 bits per heavy atom. The maximum Gasteiger partial charge on any atom is 0.317 e. The highest BCUT2D eigenvalue weighted by atomic mass is 16.5. The first-order valence-electron chi connectivity index (χ1n) is 9.54. The number of nitrogens with zero attached hydrogens (tertiary/aromatic N) is 4. The van der Waals surface area contributed by atoms with Gasteiger partial charge in [0, 0.05) is 57.7 Å². The second-order valence-corrected chi connectivity index (χ2v) is 7.28. The van der Waals surface area contributed by atoms with E-state index in [2.05, 4.69) is 27.1 Å². The van der Waals surface area contributed by atoms with Crippen LogP contribution in [0.3, 0.4) is 0 Å². The molecule has 2 aliphatic heterocycles. The molecule has 2 saturated heterocycles. The first-order chi connectivity index (χ1) is 12.2. The first kappa shape index (κ1) is 18.2. The molecular formula is C18H31N5O2. The van der Waals surface area contributed by atoms with Crippen LogP contribution in [0.15, 0.2) is 18.5 Å². The molecule has 0 spiro atoms. The van der Waals surface area contributed by atoms with Gasteiger partial charge in [0.15, 0.2) is 0 Å². The fourth-order valence-electron chi connectivity index (χ4n) is 3.69. The van der Waals surface area contributed by atoms with Gasteiger partial charge in [-0.05, 0) is 31.2 Å². The van der Waals surface area contributed by atoms with Crippen molar-refractivity contribution in [3.05, 3.63) is 18.5 Å². The summed E-state index contributed by atoms with van der Waals surface area (Å²) in [7, 11) is 0. The Hall–Kier alpha value is -1.60. The molecular weight excluding hydrogens is 318 g/mol. The van der Waals surface area contributed by atoms with Gasteiger partial charge in [0.25, 0.3) is 0 Å². The van der Waals surface area contributed by atoms with Crippen LogP contribution >= 0.6 is 0 Å². The van der Waals surface area contributed by atoms with Gasteiger partial charge in [-0.1, -0.05) is 6.92 Å². The molecule has 0 aromatic carbocycles. The van der Waals surface area contributed by atoms with Crippen LogP contribution in [0.4, 0.5) is 4.79 Å². The molecule has 0 saturated carbocycles. The first-order valence-corrected chi connectivity index (χ1v) is 9.54. The molecule has 2 aliphatic rings. The highest BCUT2D eigenvalue weighted by molar-refractivity contribution is 5.74. The van der Waals surface area contributed by atoms with Crippen molar-refractivity contribution in [2.75, 3.05) is 45.9 Å². The number of urea groups is 1. The number of nitrogens with one attached hydrogen (secondary N) is 1. The fraction of sp³-hybridized carbons (Fsp3) is 0.778. The molecule has 2 fully saturated rings. The number of amides is 2. The van der Waals surface area contributed by atoms with Crippen molar-refractivity contribution in [2.24, 2.45) is 5.92 Å². The molecule has 1 aromatic heterocycles. The summed E-state index contributed by atoms with van der Waals surface area (Å²) in [5.41, 5.74) is 0.